The van der Waals surface area contributed by atoms with Crippen LogP contribution >= 0.6 is 0 Å². The van der Waals surface area contributed by atoms with Crippen LogP contribution in [0, 0.1) is 12.7 Å². The fourth-order valence-corrected chi connectivity index (χ4v) is 2.99. The van der Waals surface area contributed by atoms with Crippen molar-refractivity contribution in [3.05, 3.63) is 35.1 Å². The van der Waals surface area contributed by atoms with Crippen LogP contribution in [-0.4, -0.2) is 36.0 Å². The van der Waals surface area contributed by atoms with Crippen LogP contribution in [0.3, 0.4) is 0 Å². The van der Waals surface area contributed by atoms with Gasteiger partial charge in [0.2, 0.25) is 0 Å². The van der Waals surface area contributed by atoms with E-state index in [1.54, 1.807) is 19.1 Å². The van der Waals surface area contributed by atoms with Crippen molar-refractivity contribution in [1.29, 1.82) is 0 Å². The number of nitrogens with one attached hydrogen (secondary N) is 1. The summed E-state index contributed by atoms with van der Waals surface area (Å²) in [5.74, 6) is -0.323. The van der Waals surface area contributed by atoms with E-state index in [0.717, 1.165) is 32.4 Å². The molecule has 21 heavy (non-hydrogen) atoms. The lowest BCUT2D eigenvalue weighted by Gasteiger charge is -2.31. The molecule has 0 bridgehead atoms. The Hall–Kier alpha value is -1.42. The second-order valence-corrected chi connectivity index (χ2v) is 6.30. The number of aryl methyl sites for hydroxylation is 1. The van der Waals surface area contributed by atoms with Crippen LogP contribution in [0.1, 0.15) is 48.0 Å². The zero-order chi connectivity index (χ0) is 14.8. The van der Waals surface area contributed by atoms with Gasteiger partial charge in [-0.1, -0.05) is 12.5 Å². The summed E-state index contributed by atoms with van der Waals surface area (Å²) in [6.45, 7) is 3.50. The summed E-state index contributed by atoms with van der Waals surface area (Å²) in [5, 5.41) is 3.49. The van der Waals surface area contributed by atoms with Crippen molar-refractivity contribution in [3.8, 4) is 0 Å². The molecule has 4 heteroatoms. The first-order chi connectivity index (χ1) is 10.1. The van der Waals surface area contributed by atoms with Crippen LogP contribution < -0.4 is 5.32 Å². The van der Waals surface area contributed by atoms with Gasteiger partial charge in [-0.2, -0.15) is 0 Å². The number of carbonyl (C=O) groups is 1. The largest absolute Gasteiger partial charge is 0.334 e. The third-order valence-corrected chi connectivity index (χ3v) is 4.50. The van der Waals surface area contributed by atoms with Crippen LogP contribution in [0.25, 0.3) is 0 Å². The van der Waals surface area contributed by atoms with Gasteiger partial charge in [-0.3, -0.25) is 4.79 Å². The van der Waals surface area contributed by atoms with Gasteiger partial charge in [0.25, 0.3) is 5.91 Å². The van der Waals surface area contributed by atoms with E-state index in [4.69, 9.17) is 0 Å². The van der Waals surface area contributed by atoms with E-state index in [9.17, 15) is 9.18 Å². The number of benzene rings is 1. The molecule has 0 spiro atoms. The van der Waals surface area contributed by atoms with E-state index < -0.39 is 0 Å². The van der Waals surface area contributed by atoms with E-state index in [2.05, 4.69) is 5.32 Å². The number of rotatable bonds is 4. The van der Waals surface area contributed by atoms with Gasteiger partial charge in [0.1, 0.15) is 5.82 Å². The zero-order valence-corrected chi connectivity index (χ0v) is 12.6. The molecule has 1 aromatic carbocycles. The number of hydrogen-bond donors (Lipinski definition) is 1. The molecule has 1 aliphatic carbocycles. The highest BCUT2D eigenvalue weighted by atomic mass is 19.1. The quantitative estimate of drug-likeness (QED) is 0.925. The summed E-state index contributed by atoms with van der Waals surface area (Å²) < 4.78 is 13.7. The highest BCUT2D eigenvalue weighted by Crippen LogP contribution is 2.29. The standard InChI is InChI=1S/C17H23FN2O/c1-12-5-6-13(10-16(12)18)17(21)20(15-7-8-15)11-14-4-2-3-9-19-14/h5-6,10,14-15,19H,2-4,7-9,11H2,1H3. The summed E-state index contributed by atoms with van der Waals surface area (Å²) in [6, 6.07) is 5.54. The van der Waals surface area contributed by atoms with Crippen molar-refractivity contribution in [2.45, 2.75) is 51.1 Å². The Labute approximate surface area is 125 Å². The minimum atomic E-state index is -0.299. The molecule has 1 saturated carbocycles. The van der Waals surface area contributed by atoms with Crippen LogP contribution in [-0.2, 0) is 0 Å². The SMILES string of the molecule is Cc1ccc(C(=O)N(CC2CCCCN2)C2CC2)cc1F. The molecule has 1 aromatic rings. The average Bonchev–Trinajstić information content (AvgIpc) is 3.33. The molecule has 2 aliphatic rings. The Balaban J connectivity index is 1.73. The lowest BCUT2D eigenvalue weighted by Crippen LogP contribution is -2.46. The Morgan fingerprint density at radius 2 is 2.14 bits per heavy atom. The van der Waals surface area contributed by atoms with Gasteiger partial charge < -0.3 is 10.2 Å². The van der Waals surface area contributed by atoms with Crippen molar-refractivity contribution in [2.24, 2.45) is 0 Å². The minimum Gasteiger partial charge on any atom is -0.334 e. The normalized spacial score (nSPS) is 22.1. The van der Waals surface area contributed by atoms with Crippen LogP contribution in [0.4, 0.5) is 4.39 Å². The van der Waals surface area contributed by atoms with Crippen LogP contribution in [0.5, 0.6) is 0 Å². The lowest BCUT2D eigenvalue weighted by atomic mass is 10.0. The average molecular weight is 290 g/mol. The molecule has 3 rings (SSSR count). The van der Waals surface area contributed by atoms with E-state index in [0.29, 0.717) is 23.2 Å². The van der Waals surface area contributed by atoms with E-state index in [-0.39, 0.29) is 11.7 Å². The molecule has 1 saturated heterocycles. The molecule has 1 aliphatic heterocycles. The molecule has 1 heterocycles. The number of carbonyl (C=O) groups excluding carboxylic acids is 1. The number of nitrogens with zero attached hydrogens (tertiary/aromatic N) is 1. The van der Waals surface area contributed by atoms with Crippen molar-refractivity contribution >= 4 is 5.91 Å². The maximum absolute atomic E-state index is 13.7. The highest BCUT2D eigenvalue weighted by molar-refractivity contribution is 5.94. The summed E-state index contributed by atoms with van der Waals surface area (Å²) in [4.78, 5) is 14.6. The van der Waals surface area contributed by atoms with Gasteiger partial charge in [0, 0.05) is 24.2 Å². The molecular weight excluding hydrogens is 267 g/mol. The van der Waals surface area contributed by atoms with E-state index in [1.807, 2.05) is 4.90 Å². The Kier molecular flexibility index (Phi) is 4.24. The second kappa shape index (κ2) is 6.14. The van der Waals surface area contributed by atoms with Crippen molar-refractivity contribution in [1.82, 2.24) is 10.2 Å². The first kappa shape index (κ1) is 14.5. The summed E-state index contributed by atoms with van der Waals surface area (Å²) >= 11 is 0. The maximum atomic E-state index is 13.7. The molecule has 2 fully saturated rings. The Bertz CT molecular complexity index is 522. The third-order valence-electron chi connectivity index (χ3n) is 4.50. The van der Waals surface area contributed by atoms with E-state index >= 15 is 0 Å². The van der Waals surface area contributed by atoms with Gasteiger partial charge >= 0.3 is 0 Å². The van der Waals surface area contributed by atoms with Gasteiger partial charge in [0.15, 0.2) is 0 Å². The molecular formula is C17H23FN2O. The molecule has 1 atom stereocenters. The molecule has 1 amide bonds. The minimum absolute atomic E-state index is 0.0243. The van der Waals surface area contributed by atoms with Gasteiger partial charge in [-0.15, -0.1) is 0 Å². The molecule has 1 unspecified atom stereocenters. The monoisotopic (exact) mass is 290 g/mol. The fraction of sp³-hybridized carbons (Fsp3) is 0.588. The predicted molar refractivity (Wildman–Crippen MR) is 80.8 cm³/mol. The van der Waals surface area contributed by atoms with Gasteiger partial charge in [0.05, 0.1) is 0 Å². The summed E-state index contributed by atoms with van der Waals surface area (Å²) in [6.07, 6.45) is 5.72. The topological polar surface area (TPSA) is 32.3 Å². The maximum Gasteiger partial charge on any atom is 0.254 e. The molecule has 3 nitrogen and oxygen atoms in total. The van der Waals surface area contributed by atoms with Crippen molar-refractivity contribution in [3.63, 3.8) is 0 Å². The van der Waals surface area contributed by atoms with Crippen LogP contribution in [0.15, 0.2) is 18.2 Å². The number of piperidine rings is 1. The predicted octanol–water partition coefficient (Wildman–Crippen LogP) is 2.88. The number of amides is 1. The Morgan fingerprint density at radius 3 is 2.76 bits per heavy atom. The van der Waals surface area contributed by atoms with Gasteiger partial charge in [-0.05, 0) is 56.8 Å². The first-order valence-electron chi connectivity index (χ1n) is 7.95. The lowest BCUT2D eigenvalue weighted by molar-refractivity contribution is 0.0717. The smallest absolute Gasteiger partial charge is 0.254 e. The Morgan fingerprint density at radius 1 is 1.33 bits per heavy atom. The zero-order valence-electron chi connectivity index (χ0n) is 12.6. The van der Waals surface area contributed by atoms with Crippen LogP contribution in [0.2, 0.25) is 0 Å². The van der Waals surface area contributed by atoms with Crippen molar-refractivity contribution in [2.75, 3.05) is 13.1 Å². The third kappa shape index (κ3) is 3.43. The molecule has 1 N–H and O–H groups in total. The number of hydrogen-bond acceptors (Lipinski definition) is 2. The highest BCUT2D eigenvalue weighted by Gasteiger charge is 2.34. The summed E-state index contributed by atoms with van der Waals surface area (Å²) in [7, 11) is 0. The van der Waals surface area contributed by atoms with E-state index in [1.165, 1.54) is 18.9 Å². The first-order valence-corrected chi connectivity index (χ1v) is 7.95. The fourth-order valence-electron chi connectivity index (χ4n) is 2.99. The second-order valence-electron chi connectivity index (χ2n) is 6.30. The van der Waals surface area contributed by atoms with Gasteiger partial charge in [-0.25, -0.2) is 4.39 Å². The van der Waals surface area contributed by atoms with Crippen molar-refractivity contribution < 1.29 is 9.18 Å². The number of halogens is 1. The molecule has 114 valence electrons. The molecule has 0 aromatic heterocycles. The molecule has 0 radical (unpaired) electrons. The summed E-state index contributed by atoms with van der Waals surface area (Å²) in [5.41, 5.74) is 1.05.